The quantitative estimate of drug-likeness (QED) is 0.231. The first-order valence-electron chi connectivity index (χ1n) is 10.1. The van der Waals surface area contributed by atoms with Gasteiger partial charge in [-0.05, 0) is 88.9 Å². The Morgan fingerprint density at radius 3 is 1.31 bits per heavy atom. The van der Waals surface area contributed by atoms with Crippen molar-refractivity contribution < 1.29 is 0 Å². The van der Waals surface area contributed by atoms with Crippen LogP contribution in [0.3, 0.4) is 0 Å². The summed E-state index contributed by atoms with van der Waals surface area (Å²) in [6.07, 6.45) is 5.97. The fourth-order valence-corrected chi connectivity index (χ4v) is 3.15. The summed E-state index contributed by atoms with van der Waals surface area (Å²) in [6.45, 7) is 4.75. The van der Waals surface area contributed by atoms with Gasteiger partial charge in [-0.25, -0.2) is 0 Å². The van der Waals surface area contributed by atoms with Gasteiger partial charge in [0.15, 0.2) is 0 Å². The highest BCUT2D eigenvalue weighted by Gasteiger charge is 2.10. The lowest BCUT2D eigenvalue weighted by Gasteiger charge is -2.20. The van der Waals surface area contributed by atoms with Gasteiger partial charge in [0.1, 0.15) is 0 Å². The van der Waals surface area contributed by atoms with E-state index in [0.717, 1.165) is 64.7 Å². The molecular formula is C20H40N6. The Kier molecular flexibility index (Phi) is 13.4. The molecule has 1 rings (SSSR count). The molecule has 0 saturated heterocycles. The third-order valence-electron chi connectivity index (χ3n) is 4.65. The van der Waals surface area contributed by atoms with E-state index in [1.807, 2.05) is 0 Å². The number of hydrogen-bond acceptors (Lipinski definition) is 6. The molecule has 2 unspecified atom stereocenters. The second kappa shape index (κ2) is 15.1. The van der Waals surface area contributed by atoms with Crippen LogP contribution < -0.4 is 33.6 Å². The van der Waals surface area contributed by atoms with E-state index in [-0.39, 0.29) is 0 Å². The predicted octanol–water partition coefficient (Wildman–Crippen LogP) is 0.0832. The smallest absolute Gasteiger partial charge is 0.0119 e. The fraction of sp³-hybridized carbons (Fsp3) is 0.700. The zero-order chi connectivity index (χ0) is 19.0. The van der Waals surface area contributed by atoms with Gasteiger partial charge in [-0.15, -0.1) is 0 Å². The molecule has 10 N–H and O–H groups in total. The molecule has 0 spiro atoms. The molecule has 0 aliphatic carbocycles. The maximum absolute atomic E-state index is 5.75. The minimum atomic E-state index is 0.417. The van der Waals surface area contributed by atoms with Crippen molar-refractivity contribution >= 4 is 0 Å². The Bertz CT molecular complexity index is 395. The zero-order valence-corrected chi connectivity index (χ0v) is 16.3. The number of nitrogens with two attached hydrogens (primary N) is 4. The summed E-state index contributed by atoms with van der Waals surface area (Å²) < 4.78 is 0. The number of hydrogen-bond donors (Lipinski definition) is 6. The molecule has 0 aliphatic heterocycles. The summed E-state index contributed by atoms with van der Waals surface area (Å²) in [6, 6.07) is 9.79. The van der Waals surface area contributed by atoms with Gasteiger partial charge in [0.25, 0.3) is 0 Å². The Balaban J connectivity index is 2.53. The van der Waals surface area contributed by atoms with Crippen LogP contribution in [0.25, 0.3) is 0 Å². The highest BCUT2D eigenvalue weighted by atomic mass is 14.9. The second-order valence-electron chi connectivity index (χ2n) is 6.97. The molecule has 2 atom stereocenters. The van der Waals surface area contributed by atoms with Crippen molar-refractivity contribution in [3.05, 3.63) is 35.4 Å². The lowest BCUT2D eigenvalue weighted by Crippen LogP contribution is -2.35. The van der Waals surface area contributed by atoms with Gasteiger partial charge in [0.2, 0.25) is 0 Å². The number of benzene rings is 1. The minimum absolute atomic E-state index is 0.417. The summed E-state index contributed by atoms with van der Waals surface area (Å²) in [5.41, 5.74) is 25.3. The monoisotopic (exact) mass is 364 g/mol. The summed E-state index contributed by atoms with van der Waals surface area (Å²) in [5, 5.41) is 7.14. The van der Waals surface area contributed by atoms with Crippen LogP contribution in [0.4, 0.5) is 0 Å². The first kappa shape index (κ1) is 23.0. The van der Waals surface area contributed by atoms with Gasteiger partial charge in [-0.1, -0.05) is 24.3 Å². The molecule has 0 aliphatic rings. The van der Waals surface area contributed by atoms with Crippen molar-refractivity contribution in [1.29, 1.82) is 0 Å². The highest BCUT2D eigenvalue weighted by Crippen LogP contribution is 2.11. The molecule has 6 nitrogen and oxygen atoms in total. The maximum Gasteiger partial charge on any atom is 0.0119 e. The van der Waals surface area contributed by atoms with E-state index < -0.39 is 0 Å². The van der Waals surface area contributed by atoms with Crippen LogP contribution in [0.1, 0.15) is 36.8 Å². The van der Waals surface area contributed by atoms with Crippen LogP contribution in [-0.4, -0.2) is 51.4 Å². The number of rotatable bonds is 16. The molecule has 0 saturated carbocycles. The summed E-state index contributed by atoms with van der Waals surface area (Å²) in [5.74, 6) is 0. The van der Waals surface area contributed by atoms with Gasteiger partial charge in [-0.3, -0.25) is 0 Å². The molecule has 0 heterocycles. The predicted molar refractivity (Wildman–Crippen MR) is 112 cm³/mol. The maximum atomic E-state index is 5.75. The highest BCUT2D eigenvalue weighted by molar-refractivity contribution is 5.24. The Morgan fingerprint density at radius 1 is 0.615 bits per heavy atom. The first-order valence-corrected chi connectivity index (χ1v) is 10.1. The molecule has 26 heavy (non-hydrogen) atoms. The van der Waals surface area contributed by atoms with Crippen LogP contribution in [0, 0.1) is 0 Å². The molecule has 1 aromatic carbocycles. The molecule has 6 heteroatoms. The van der Waals surface area contributed by atoms with Gasteiger partial charge in [0.05, 0.1) is 0 Å². The molecular weight excluding hydrogens is 324 g/mol. The van der Waals surface area contributed by atoms with E-state index in [0.29, 0.717) is 25.2 Å². The van der Waals surface area contributed by atoms with E-state index in [1.54, 1.807) is 0 Å². The average molecular weight is 365 g/mol. The van der Waals surface area contributed by atoms with Crippen LogP contribution in [0.15, 0.2) is 24.3 Å². The first-order chi connectivity index (χ1) is 12.7. The second-order valence-corrected chi connectivity index (χ2v) is 6.97. The minimum Gasteiger partial charge on any atom is -0.330 e. The Hall–Kier alpha value is -1.02. The molecule has 150 valence electrons. The summed E-state index contributed by atoms with van der Waals surface area (Å²) >= 11 is 0. The van der Waals surface area contributed by atoms with E-state index >= 15 is 0 Å². The Labute approximate surface area is 159 Å². The van der Waals surface area contributed by atoms with Gasteiger partial charge < -0.3 is 33.6 Å². The summed E-state index contributed by atoms with van der Waals surface area (Å²) in [7, 11) is 0. The average Bonchev–Trinajstić information content (AvgIpc) is 2.64. The van der Waals surface area contributed by atoms with Crippen LogP contribution in [0.2, 0.25) is 0 Å². The van der Waals surface area contributed by atoms with Gasteiger partial charge in [0, 0.05) is 12.1 Å². The van der Waals surface area contributed by atoms with Crippen LogP contribution in [-0.2, 0) is 12.8 Å². The molecule has 0 amide bonds. The van der Waals surface area contributed by atoms with Gasteiger partial charge in [-0.2, -0.15) is 0 Å². The van der Waals surface area contributed by atoms with E-state index in [9.17, 15) is 0 Å². The summed E-state index contributed by atoms with van der Waals surface area (Å²) in [4.78, 5) is 0. The lowest BCUT2D eigenvalue weighted by molar-refractivity contribution is 0.476. The normalized spacial score (nSPS) is 13.7. The van der Waals surface area contributed by atoms with Crippen LogP contribution >= 0.6 is 0 Å². The molecule has 0 fully saturated rings. The zero-order valence-electron chi connectivity index (χ0n) is 16.3. The van der Waals surface area contributed by atoms with E-state index in [2.05, 4.69) is 34.9 Å². The number of nitrogens with one attached hydrogen (secondary N) is 2. The van der Waals surface area contributed by atoms with Crippen molar-refractivity contribution in [3.63, 3.8) is 0 Å². The van der Waals surface area contributed by atoms with E-state index in [1.165, 1.54) is 11.1 Å². The third-order valence-corrected chi connectivity index (χ3v) is 4.65. The molecule has 0 radical (unpaired) electrons. The van der Waals surface area contributed by atoms with Crippen LogP contribution in [0.5, 0.6) is 0 Å². The third kappa shape index (κ3) is 10.2. The van der Waals surface area contributed by atoms with Crippen molar-refractivity contribution in [2.24, 2.45) is 22.9 Å². The largest absolute Gasteiger partial charge is 0.330 e. The molecule has 1 aromatic rings. The van der Waals surface area contributed by atoms with Crippen molar-refractivity contribution in [2.75, 3.05) is 39.3 Å². The van der Waals surface area contributed by atoms with Gasteiger partial charge >= 0.3 is 0 Å². The Morgan fingerprint density at radius 2 is 1.00 bits per heavy atom. The topological polar surface area (TPSA) is 128 Å². The van der Waals surface area contributed by atoms with Crippen molar-refractivity contribution in [3.8, 4) is 0 Å². The SMILES string of the molecule is NCCCNC(CCN)Cc1ccc(CC(CCN)NCCCN)cc1. The van der Waals surface area contributed by atoms with E-state index in [4.69, 9.17) is 22.9 Å². The standard InChI is InChI=1S/C20H40N6/c21-9-1-13-25-19(7-11-23)15-17-3-5-18(6-4-17)16-20(8-12-24)26-14-2-10-22/h3-6,19-20,25-26H,1-2,7-16,21-24H2. The molecule has 0 aromatic heterocycles. The molecule has 0 bridgehead atoms. The lowest BCUT2D eigenvalue weighted by atomic mass is 9.98. The fourth-order valence-electron chi connectivity index (χ4n) is 3.15. The van der Waals surface area contributed by atoms with Crippen molar-refractivity contribution in [1.82, 2.24) is 10.6 Å². The van der Waals surface area contributed by atoms with Crippen molar-refractivity contribution in [2.45, 2.75) is 50.6 Å².